The maximum atomic E-state index is 12.8. The van der Waals surface area contributed by atoms with Crippen LogP contribution < -0.4 is 5.73 Å². The van der Waals surface area contributed by atoms with Gasteiger partial charge in [-0.15, -0.1) is 12.4 Å². The fourth-order valence-corrected chi connectivity index (χ4v) is 5.37. The number of likely N-dealkylation sites (tertiary alicyclic amines) is 1. The molecule has 2 heterocycles. The van der Waals surface area contributed by atoms with Gasteiger partial charge in [0.2, 0.25) is 15.9 Å². The molecule has 0 radical (unpaired) electrons. The Balaban J connectivity index is 0.00000243. The summed E-state index contributed by atoms with van der Waals surface area (Å²) < 4.78 is 27.0. The van der Waals surface area contributed by atoms with Crippen molar-refractivity contribution in [2.24, 2.45) is 17.6 Å². The molecule has 6 nitrogen and oxygen atoms in total. The van der Waals surface area contributed by atoms with Crippen molar-refractivity contribution in [3.8, 4) is 0 Å². The number of nitrogens with zero attached hydrogens (tertiary/aromatic N) is 2. The molecular weight excluding hydrogens is 374 g/mol. The molecule has 146 valence electrons. The highest BCUT2D eigenvalue weighted by molar-refractivity contribution is 7.88. The van der Waals surface area contributed by atoms with E-state index in [1.165, 1.54) is 4.31 Å². The minimum atomic E-state index is -3.40. The van der Waals surface area contributed by atoms with Gasteiger partial charge < -0.3 is 10.6 Å². The van der Waals surface area contributed by atoms with Gasteiger partial charge in [-0.3, -0.25) is 4.79 Å². The average Bonchev–Trinajstić information content (AvgIpc) is 3.11. The van der Waals surface area contributed by atoms with E-state index in [1.54, 1.807) is 0 Å². The number of hydrogen-bond acceptors (Lipinski definition) is 4. The predicted octanol–water partition coefficient (Wildman–Crippen LogP) is 1.46. The van der Waals surface area contributed by atoms with Crippen LogP contribution in [-0.2, 0) is 20.6 Å². The van der Waals surface area contributed by atoms with Crippen molar-refractivity contribution in [2.45, 2.75) is 25.0 Å². The van der Waals surface area contributed by atoms with Crippen LogP contribution in [0.3, 0.4) is 0 Å². The molecule has 2 aliphatic rings. The second kappa shape index (κ2) is 9.17. The number of hydrogen-bond donors (Lipinski definition) is 1. The van der Waals surface area contributed by atoms with Gasteiger partial charge in [-0.05, 0) is 37.3 Å². The van der Waals surface area contributed by atoms with Crippen LogP contribution >= 0.6 is 12.4 Å². The largest absolute Gasteiger partial charge is 0.342 e. The van der Waals surface area contributed by atoms with Crippen molar-refractivity contribution in [1.29, 1.82) is 0 Å². The summed E-state index contributed by atoms with van der Waals surface area (Å²) in [5, 5.41) is 0. The number of carbonyl (C=O) groups is 1. The third-order valence-electron chi connectivity index (χ3n) is 5.25. The Morgan fingerprint density at radius 3 is 2.50 bits per heavy atom. The van der Waals surface area contributed by atoms with E-state index in [2.05, 4.69) is 0 Å². The lowest BCUT2D eigenvalue weighted by Gasteiger charge is -2.33. The van der Waals surface area contributed by atoms with Gasteiger partial charge in [0, 0.05) is 26.2 Å². The standard InChI is InChI=1S/C18H27N3O3S.ClH/c19-11-16-8-10-20(12-16)18(22)17-7-4-9-21(13-17)25(23,24)14-15-5-2-1-3-6-15;/h1-3,5-6,16-17H,4,7-14,19H2;1H. The van der Waals surface area contributed by atoms with Crippen molar-refractivity contribution in [3.05, 3.63) is 35.9 Å². The smallest absolute Gasteiger partial charge is 0.227 e. The van der Waals surface area contributed by atoms with Crippen molar-refractivity contribution < 1.29 is 13.2 Å². The first-order valence-corrected chi connectivity index (χ1v) is 10.6. The summed E-state index contributed by atoms with van der Waals surface area (Å²) in [6.07, 6.45) is 2.45. The van der Waals surface area contributed by atoms with Gasteiger partial charge in [-0.2, -0.15) is 0 Å². The van der Waals surface area contributed by atoms with Crippen molar-refractivity contribution >= 4 is 28.3 Å². The fraction of sp³-hybridized carbons (Fsp3) is 0.611. The molecule has 0 aliphatic carbocycles. The highest BCUT2D eigenvalue weighted by atomic mass is 35.5. The normalized spacial score (nSPS) is 24.3. The van der Waals surface area contributed by atoms with Gasteiger partial charge in [0.15, 0.2) is 0 Å². The van der Waals surface area contributed by atoms with E-state index in [0.29, 0.717) is 32.1 Å². The van der Waals surface area contributed by atoms with E-state index >= 15 is 0 Å². The molecule has 0 spiro atoms. The molecule has 0 saturated carbocycles. The molecule has 2 unspecified atom stereocenters. The van der Waals surface area contributed by atoms with Gasteiger partial charge in [0.05, 0.1) is 11.7 Å². The predicted molar refractivity (Wildman–Crippen MR) is 104 cm³/mol. The lowest BCUT2D eigenvalue weighted by Crippen LogP contribution is -2.46. The molecule has 1 aromatic rings. The number of amides is 1. The van der Waals surface area contributed by atoms with E-state index in [1.807, 2.05) is 35.2 Å². The first-order chi connectivity index (χ1) is 12.0. The van der Waals surface area contributed by atoms with E-state index in [-0.39, 0.29) is 30.0 Å². The van der Waals surface area contributed by atoms with Gasteiger partial charge in [0.1, 0.15) is 0 Å². The van der Waals surface area contributed by atoms with Crippen LogP contribution in [-0.4, -0.2) is 56.3 Å². The molecule has 8 heteroatoms. The van der Waals surface area contributed by atoms with Gasteiger partial charge in [0.25, 0.3) is 0 Å². The molecule has 26 heavy (non-hydrogen) atoms. The molecule has 0 bridgehead atoms. The zero-order chi connectivity index (χ0) is 17.9. The molecule has 2 fully saturated rings. The third kappa shape index (κ3) is 4.97. The van der Waals surface area contributed by atoms with Crippen molar-refractivity contribution in [1.82, 2.24) is 9.21 Å². The molecule has 0 aromatic heterocycles. The fourth-order valence-electron chi connectivity index (χ4n) is 3.76. The van der Waals surface area contributed by atoms with E-state index in [4.69, 9.17) is 5.73 Å². The minimum absolute atomic E-state index is 0. The number of halogens is 1. The Bertz CT molecular complexity index is 699. The van der Waals surface area contributed by atoms with Crippen LogP contribution in [0.1, 0.15) is 24.8 Å². The summed E-state index contributed by atoms with van der Waals surface area (Å²) in [6, 6.07) is 9.20. The van der Waals surface area contributed by atoms with E-state index in [0.717, 1.165) is 31.4 Å². The maximum Gasteiger partial charge on any atom is 0.227 e. The molecule has 2 atom stereocenters. The Kier molecular flexibility index (Phi) is 7.46. The second-order valence-electron chi connectivity index (χ2n) is 7.11. The molecule has 3 rings (SSSR count). The average molecular weight is 402 g/mol. The monoisotopic (exact) mass is 401 g/mol. The molecular formula is C18H28ClN3O3S. The highest BCUT2D eigenvalue weighted by Gasteiger charge is 2.36. The summed E-state index contributed by atoms with van der Waals surface area (Å²) in [6.45, 7) is 2.87. The van der Waals surface area contributed by atoms with Crippen LogP contribution in [0.15, 0.2) is 30.3 Å². The number of sulfonamides is 1. The summed E-state index contributed by atoms with van der Waals surface area (Å²) in [4.78, 5) is 14.6. The zero-order valence-corrected chi connectivity index (χ0v) is 16.6. The number of benzene rings is 1. The summed E-state index contributed by atoms with van der Waals surface area (Å²) in [5.74, 6) is 0.241. The highest BCUT2D eigenvalue weighted by Crippen LogP contribution is 2.25. The van der Waals surface area contributed by atoms with Crippen LogP contribution in [0.2, 0.25) is 0 Å². The number of piperidine rings is 1. The first-order valence-electron chi connectivity index (χ1n) is 9.00. The van der Waals surface area contributed by atoms with Crippen LogP contribution in [0.5, 0.6) is 0 Å². The molecule has 2 N–H and O–H groups in total. The van der Waals surface area contributed by atoms with Gasteiger partial charge >= 0.3 is 0 Å². The Labute approximate surface area is 162 Å². The summed E-state index contributed by atoms with van der Waals surface area (Å²) in [5.41, 5.74) is 6.48. The van der Waals surface area contributed by atoms with Crippen molar-refractivity contribution in [3.63, 3.8) is 0 Å². The van der Waals surface area contributed by atoms with Gasteiger partial charge in [-0.1, -0.05) is 30.3 Å². The number of nitrogens with two attached hydrogens (primary N) is 1. The van der Waals surface area contributed by atoms with Crippen LogP contribution in [0.25, 0.3) is 0 Å². The maximum absolute atomic E-state index is 12.8. The topological polar surface area (TPSA) is 83.7 Å². The van der Waals surface area contributed by atoms with E-state index < -0.39 is 10.0 Å². The summed E-state index contributed by atoms with van der Waals surface area (Å²) >= 11 is 0. The molecule has 2 saturated heterocycles. The molecule has 1 aromatic carbocycles. The quantitative estimate of drug-likeness (QED) is 0.809. The Morgan fingerprint density at radius 2 is 1.85 bits per heavy atom. The molecule has 2 aliphatic heterocycles. The first kappa shape index (κ1) is 21.2. The Morgan fingerprint density at radius 1 is 1.12 bits per heavy atom. The minimum Gasteiger partial charge on any atom is -0.342 e. The lowest BCUT2D eigenvalue weighted by atomic mass is 9.98. The van der Waals surface area contributed by atoms with Crippen LogP contribution in [0, 0.1) is 11.8 Å². The second-order valence-corrected chi connectivity index (χ2v) is 9.08. The number of rotatable bonds is 5. The summed E-state index contributed by atoms with van der Waals surface area (Å²) in [7, 11) is -3.40. The van der Waals surface area contributed by atoms with Crippen molar-refractivity contribution in [2.75, 3.05) is 32.7 Å². The zero-order valence-electron chi connectivity index (χ0n) is 14.9. The molecule has 1 amide bonds. The van der Waals surface area contributed by atoms with Crippen LogP contribution in [0.4, 0.5) is 0 Å². The Hall–Kier alpha value is -1.15. The number of carbonyl (C=O) groups excluding carboxylic acids is 1. The third-order valence-corrected chi connectivity index (χ3v) is 7.07. The van der Waals surface area contributed by atoms with Gasteiger partial charge in [-0.25, -0.2) is 12.7 Å². The van der Waals surface area contributed by atoms with E-state index in [9.17, 15) is 13.2 Å². The SMILES string of the molecule is Cl.NCC1CCN(C(=O)C2CCCN(S(=O)(=O)Cc3ccccc3)C2)C1. The lowest BCUT2D eigenvalue weighted by molar-refractivity contribution is -0.135.